The Morgan fingerprint density at radius 3 is 2.45 bits per heavy atom. The van der Waals surface area contributed by atoms with Gasteiger partial charge in [0, 0.05) is 23.3 Å². The molecular weight excluding hydrogens is 278 g/mol. The van der Waals surface area contributed by atoms with Crippen molar-refractivity contribution in [3.63, 3.8) is 0 Å². The number of nitrogens with one attached hydrogen (secondary N) is 1. The second-order valence-electron chi connectivity index (χ2n) is 5.26. The Labute approximate surface area is 125 Å². The van der Waals surface area contributed by atoms with E-state index < -0.39 is 0 Å². The predicted molar refractivity (Wildman–Crippen MR) is 87.3 cm³/mol. The SMILES string of the molecule is Cn1c(N=O)c(-c2[nH]c3ccccc3c2O)c2ccccc21. The van der Waals surface area contributed by atoms with Crippen LogP contribution in [-0.2, 0) is 7.05 Å². The highest BCUT2D eigenvalue weighted by atomic mass is 16.3. The molecule has 0 saturated carbocycles. The summed E-state index contributed by atoms with van der Waals surface area (Å²) in [7, 11) is 1.79. The Bertz CT molecular complexity index is 1030. The monoisotopic (exact) mass is 291 g/mol. The Morgan fingerprint density at radius 1 is 1.05 bits per heavy atom. The van der Waals surface area contributed by atoms with Gasteiger partial charge in [0.25, 0.3) is 0 Å². The number of nitroso groups, excluding NO2 is 1. The van der Waals surface area contributed by atoms with Crippen molar-refractivity contribution >= 4 is 27.6 Å². The second kappa shape index (κ2) is 4.46. The highest BCUT2D eigenvalue weighted by molar-refractivity contribution is 6.06. The summed E-state index contributed by atoms with van der Waals surface area (Å²) < 4.78 is 1.74. The highest BCUT2D eigenvalue weighted by Crippen LogP contribution is 2.45. The third kappa shape index (κ3) is 1.53. The van der Waals surface area contributed by atoms with Crippen LogP contribution in [0.3, 0.4) is 0 Å². The van der Waals surface area contributed by atoms with Gasteiger partial charge in [0.2, 0.25) is 0 Å². The van der Waals surface area contributed by atoms with E-state index in [1.807, 2.05) is 48.5 Å². The van der Waals surface area contributed by atoms with Crippen LogP contribution in [0, 0.1) is 4.91 Å². The molecule has 0 aliphatic heterocycles. The maximum Gasteiger partial charge on any atom is 0.187 e. The van der Waals surface area contributed by atoms with Crippen molar-refractivity contribution < 1.29 is 5.11 Å². The van der Waals surface area contributed by atoms with Gasteiger partial charge in [-0.3, -0.25) is 0 Å². The minimum absolute atomic E-state index is 0.136. The van der Waals surface area contributed by atoms with E-state index in [4.69, 9.17) is 0 Å². The van der Waals surface area contributed by atoms with Crippen LogP contribution >= 0.6 is 0 Å². The molecule has 0 atom stereocenters. The van der Waals surface area contributed by atoms with Gasteiger partial charge in [-0.2, -0.15) is 0 Å². The Hall–Kier alpha value is -3.08. The van der Waals surface area contributed by atoms with E-state index in [1.54, 1.807) is 11.6 Å². The van der Waals surface area contributed by atoms with E-state index in [2.05, 4.69) is 10.2 Å². The van der Waals surface area contributed by atoms with Crippen LogP contribution in [0.25, 0.3) is 33.1 Å². The standard InChI is InChI=1S/C17H13N3O2/c1-20-13-9-5-3-7-11(13)14(17(20)19-22)15-16(21)10-6-2-4-8-12(10)18-15/h2-9,18,21H,1H3. The smallest absolute Gasteiger partial charge is 0.187 e. The normalized spacial score (nSPS) is 11.3. The lowest BCUT2D eigenvalue weighted by Crippen LogP contribution is -1.85. The minimum atomic E-state index is 0.136. The number of aromatic nitrogens is 2. The lowest BCUT2D eigenvalue weighted by atomic mass is 10.1. The fourth-order valence-electron chi connectivity index (χ4n) is 3.04. The quantitative estimate of drug-likeness (QED) is 0.536. The third-order valence-electron chi connectivity index (χ3n) is 4.09. The third-order valence-corrected chi connectivity index (χ3v) is 4.09. The lowest BCUT2D eigenvalue weighted by Gasteiger charge is -1.99. The van der Waals surface area contributed by atoms with Crippen molar-refractivity contribution in [2.45, 2.75) is 0 Å². The summed E-state index contributed by atoms with van der Waals surface area (Å²) in [5.74, 6) is 0.430. The van der Waals surface area contributed by atoms with Gasteiger partial charge in [0.15, 0.2) is 5.82 Å². The maximum absolute atomic E-state index is 11.4. The van der Waals surface area contributed by atoms with E-state index in [9.17, 15) is 10.0 Å². The van der Waals surface area contributed by atoms with Gasteiger partial charge >= 0.3 is 0 Å². The molecule has 5 nitrogen and oxygen atoms in total. The van der Waals surface area contributed by atoms with Crippen LogP contribution in [-0.4, -0.2) is 14.7 Å². The summed E-state index contributed by atoms with van der Waals surface area (Å²) in [6.45, 7) is 0. The number of hydrogen-bond acceptors (Lipinski definition) is 3. The number of aromatic hydroxyl groups is 1. The topological polar surface area (TPSA) is 70.4 Å². The van der Waals surface area contributed by atoms with Crippen molar-refractivity contribution in [3.8, 4) is 17.0 Å². The maximum atomic E-state index is 11.4. The Morgan fingerprint density at radius 2 is 1.73 bits per heavy atom. The summed E-state index contributed by atoms with van der Waals surface area (Å²) in [6.07, 6.45) is 0. The summed E-state index contributed by atoms with van der Waals surface area (Å²) in [5, 5.41) is 15.3. The van der Waals surface area contributed by atoms with Crippen molar-refractivity contribution in [3.05, 3.63) is 53.4 Å². The van der Waals surface area contributed by atoms with Gasteiger partial charge in [0.05, 0.1) is 16.8 Å². The van der Waals surface area contributed by atoms with Crippen LogP contribution in [0.5, 0.6) is 5.75 Å². The molecule has 4 rings (SSSR count). The number of rotatable bonds is 2. The van der Waals surface area contributed by atoms with E-state index in [-0.39, 0.29) is 5.75 Å². The van der Waals surface area contributed by atoms with E-state index >= 15 is 0 Å². The van der Waals surface area contributed by atoms with Crippen molar-refractivity contribution in [2.75, 3.05) is 0 Å². The van der Waals surface area contributed by atoms with Gasteiger partial charge < -0.3 is 14.7 Å². The first kappa shape index (κ1) is 12.6. The summed E-state index contributed by atoms with van der Waals surface area (Å²) >= 11 is 0. The molecule has 108 valence electrons. The molecule has 2 aromatic heterocycles. The zero-order valence-corrected chi connectivity index (χ0v) is 11.9. The molecule has 0 fully saturated rings. The largest absolute Gasteiger partial charge is 0.505 e. The molecule has 2 N–H and O–H groups in total. The van der Waals surface area contributed by atoms with E-state index in [0.717, 1.165) is 21.8 Å². The molecule has 0 aliphatic carbocycles. The number of nitrogens with zero attached hydrogens (tertiary/aromatic N) is 2. The second-order valence-corrected chi connectivity index (χ2v) is 5.26. The average molecular weight is 291 g/mol. The number of para-hydroxylation sites is 2. The Kier molecular flexibility index (Phi) is 2.56. The number of benzene rings is 2. The van der Waals surface area contributed by atoms with Crippen molar-refractivity contribution in [1.82, 2.24) is 9.55 Å². The van der Waals surface area contributed by atoms with Crippen LogP contribution in [0.4, 0.5) is 5.82 Å². The summed E-state index contributed by atoms with van der Waals surface area (Å²) in [4.78, 5) is 14.5. The molecule has 0 radical (unpaired) electrons. The van der Waals surface area contributed by atoms with Crippen LogP contribution in [0.2, 0.25) is 0 Å². The molecule has 0 unspecified atom stereocenters. The molecule has 2 aromatic carbocycles. The average Bonchev–Trinajstić information content (AvgIpc) is 3.03. The molecule has 0 bridgehead atoms. The van der Waals surface area contributed by atoms with Gasteiger partial charge in [0.1, 0.15) is 5.75 Å². The highest BCUT2D eigenvalue weighted by Gasteiger charge is 2.22. The number of H-pyrrole nitrogens is 1. The number of hydrogen-bond donors (Lipinski definition) is 2. The lowest BCUT2D eigenvalue weighted by molar-refractivity contribution is 0.483. The first-order valence-corrected chi connectivity index (χ1v) is 6.93. The van der Waals surface area contributed by atoms with E-state index in [1.165, 1.54) is 0 Å². The molecule has 4 aromatic rings. The molecule has 0 spiro atoms. The summed E-state index contributed by atoms with van der Waals surface area (Å²) in [5.41, 5.74) is 2.86. The van der Waals surface area contributed by atoms with Gasteiger partial charge in [-0.15, -0.1) is 4.91 Å². The van der Waals surface area contributed by atoms with Crippen molar-refractivity contribution in [2.24, 2.45) is 12.2 Å². The van der Waals surface area contributed by atoms with Crippen LogP contribution in [0.1, 0.15) is 0 Å². The molecule has 0 amide bonds. The van der Waals surface area contributed by atoms with E-state index in [0.29, 0.717) is 17.1 Å². The van der Waals surface area contributed by atoms with Gasteiger partial charge in [-0.1, -0.05) is 30.3 Å². The molecule has 2 heterocycles. The molecule has 22 heavy (non-hydrogen) atoms. The Balaban J connectivity index is 2.16. The van der Waals surface area contributed by atoms with Gasteiger partial charge in [-0.05, 0) is 23.4 Å². The zero-order chi connectivity index (χ0) is 15.3. The fraction of sp³-hybridized carbons (Fsp3) is 0.0588. The fourth-order valence-corrected chi connectivity index (χ4v) is 3.04. The molecule has 0 aliphatic rings. The molecular formula is C17H13N3O2. The predicted octanol–water partition coefficient (Wildman–Crippen LogP) is 4.43. The zero-order valence-electron chi connectivity index (χ0n) is 11.9. The number of aryl methyl sites for hydroxylation is 1. The number of fused-ring (bicyclic) bond motifs is 2. The van der Waals surface area contributed by atoms with Crippen molar-refractivity contribution in [1.29, 1.82) is 0 Å². The van der Waals surface area contributed by atoms with Gasteiger partial charge in [-0.25, -0.2) is 0 Å². The van der Waals surface area contributed by atoms with Crippen LogP contribution in [0.15, 0.2) is 53.7 Å². The number of aromatic amines is 1. The van der Waals surface area contributed by atoms with Crippen LogP contribution < -0.4 is 0 Å². The molecule has 5 heteroatoms. The molecule has 0 saturated heterocycles. The first-order valence-electron chi connectivity index (χ1n) is 6.93. The first-order chi connectivity index (χ1) is 10.7. The minimum Gasteiger partial charge on any atom is -0.505 e. The summed E-state index contributed by atoms with van der Waals surface area (Å²) in [6, 6.07) is 15.1.